The van der Waals surface area contributed by atoms with E-state index in [-0.39, 0.29) is 52.9 Å². The summed E-state index contributed by atoms with van der Waals surface area (Å²) in [5, 5.41) is 110. The molecule has 2 aromatic rings. The molecule has 21 nitrogen and oxygen atoms in total. The van der Waals surface area contributed by atoms with E-state index < -0.39 is 151 Å². The van der Waals surface area contributed by atoms with Gasteiger partial charge >= 0.3 is 0 Å². The van der Waals surface area contributed by atoms with E-state index in [4.69, 9.17) is 11.5 Å². The van der Waals surface area contributed by atoms with E-state index in [9.17, 15) is 79.8 Å². The molecule has 0 aliphatic heterocycles. The number of aliphatic hydroxyl groups is 8. The Morgan fingerprint density at radius 2 is 0.881 bits per heavy atom. The average Bonchev–Trinajstić information content (AvgIpc) is 3.20. The summed E-state index contributed by atoms with van der Waals surface area (Å²) in [6.07, 6.45) is -3.18. The lowest BCUT2D eigenvalue weighted by molar-refractivity contribution is -0.162. The Hall–Kier alpha value is -5.88. The number of halogens is 2. The number of rotatable bonds is 4. The number of aromatic hydroxyl groups is 2. The molecular formula is C44H52Cl2N4O17. The van der Waals surface area contributed by atoms with Crippen LogP contribution >= 0.6 is 24.8 Å². The van der Waals surface area contributed by atoms with E-state index in [0.717, 1.165) is 0 Å². The minimum Gasteiger partial charge on any atom is -0.510 e. The molecule has 0 radical (unpaired) electrons. The van der Waals surface area contributed by atoms with Gasteiger partial charge in [0.1, 0.15) is 45.7 Å². The molecule has 2 aromatic carbocycles. The van der Waals surface area contributed by atoms with Crippen molar-refractivity contribution < 1.29 is 85.3 Å². The molecule has 364 valence electrons. The maximum absolute atomic E-state index is 13.3. The zero-order chi connectivity index (χ0) is 47.7. The van der Waals surface area contributed by atoms with Crippen molar-refractivity contribution in [1.82, 2.24) is 9.80 Å². The number of likely N-dealkylation sites (N-methyl/N-ethyl adjacent to an activating group) is 2. The summed E-state index contributed by atoms with van der Waals surface area (Å²) in [5.74, 6) is -17.7. The number of aliphatic hydroxyl groups excluding tert-OH is 6. The number of carbonyl (C=O) groups excluding carboxylic acids is 6. The number of carbonyl (C=O) groups is 6. The third-order valence-electron chi connectivity index (χ3n) is 14.0. The highest BCUT2D eigenvalue weighted by Crippen LogP contribution is 2.57. The molecule has 6 aliphatic carbocycles. The Labute approximate surface area is 393 Å². The molecule has 2 amide bonds. The maximum Gasteiger partial charge on any atom is 0.255 e. The first-order chi connectivity index (χ1) is 29.7. The van der Waals surface area contributed by atoms with Crippen molar-refractivity contribution in [2.24, 2.45) is 35.1 Å². The molecule has 0 heterocycles. The van der Waals surface area contributed by atoms with E-state index in [1.165, 1.54) is 50.1 Å². The molecule has 16 N–H and O–H groups in total. The highest BCUT2D eigenvalue weighted by molar-refractivity contribution is 6.26. The second-order valence-corrected chi connectivity index (χ2v) is 17.6. The number of hydrogen-bond donors (Lipinski definition) is 12. The van der Waals surface area contributed by atoms with Crippen LogP contribution in [0.3, 0.4) is 0 Å². The maximum atomic E-state index is 13.3. The summed E-state index contributed by atoms with van der Waals surface area (Å²) in [6, 6.07) is 6.33. The van der Waals surface area contributed by atoms with Crippen molar-refractivity contribution in [1.29, 1.82) is 0 Å². The molecule has 0 fully saturated rings. The summed E-state index contributed by atoms with van der Waals surface area (Å²) in [5.41, 5.74) is 2.73. The zero-order valence-corrected chi connectivity index (χ0v) is 38.2. The Bertz CT molecular complexity index is 2470. The van der Waals surface area contributed by atoms with Crippen molar-refractivity contribution in [2.45, 2.75) is 61.2 Å². The van der Waals surface area contributed by atoms with Crippen LogP contribution < -0.4 is 11.5 Å². The minimum absolute atomic E-state index is 0. The summed E-state index contributed by atoms with van der Waals surface area (Å²) >= 11 is 0. The van der Waals surface area contributed by atoms with Crippen molar-refractivity contribution in [3.63, 3.8) is 0 Å². The molecule has 8 rings (SSSR count). The second kappa shape index (κ2) is 18.0. The SMILES string of the molecule is C[C@H]1c2cccc(O)c2C(=O)C2=C(O)[C@]3(O)C(=O)C(C(N)=O)=C(O)[C@@H](N(C)C)[C@H]3[C@@H](O)[C@@H]21.C[C@H]1c2cccc(O)c2C(=O)C2=C(O)[C@]3(O)C(=O)C(C(N)=O)=C(O)[C@@H](N(C)C)[C@H]3[C@@H](O)[C@@H]21.Cl.Cl.O. The van der Waals surface area contributed by atoms with Crippen LogP contribution in [0.2, 0.25) is 0 Å². The molecule has 0 bridgehead atoms. The number of phenolic OH excluding ortho intramolecular Hbond substituents is 2. The van der Waals surface area contributed by atoms with Crippen molar-refractivity contribution in [3.8, 4) is 11.5 Å². The lowest BCUT2D eigenvalue weighted by Crippen LogP contribution is -2.68. The van der Waals surface area contributed by atoms with E-state index in [1.54, 1.807) is 38.1 Å². The van der Waals surface area contributed by atoms with E-state index in [0.29, 0.717) is 11.1 Å². The number of Topliss-reactive ketones (excluding diaryl/α,β-unsaturated/α-hetero) is 4. The lowest BCUT2D eigenvalue weighted by atomic mass is 9.55. The third kappa shape index (κ3) is 7.02. The Morgan fingerprint density at radius 1 is 0.582 bits per heavy atom. The smallest absolute Gasteiger partial charge is 0.255 e. The molecule has 12 atom stereocenters. The van der Waals surface area contributed by atoms with Gasteiger partial charge in [0.25, 0.3) is 11.8 Å². The monoisotopic (exact) mass is 978 g/mol. The van der Waals surface area contributed by atoms with Crippen molar-refractivity contribution in [3.05, 3.63) is 104 Å². The van der Waals surface area contributed by atoms with Crippen LogP contribution in [-0.4, -0.2) is 165 Å². The number of ketones is 4. The van der Waals surface area contributed by atoms with Crippen LogP contribution in [0.1, 0.15) is 57.5 Å². The fraction of sp³-hybridized carbons (Fsp3) is 0.409. The van der Waals surface area contributed by atoms with Crippen LogP contribution in [0.25, 0.3) is 0 Å². The highest BCUT2D eigenvalue weighted by Gasteiger charge is 2.69. The van der Waals surface area contributed by atoms with Crippen LogP contribution in [0.5, 0.6) is 11.5 Å². The lowest BCUT2D eigenvalue weighted by Gasteiger charge is -2.53. The van der Waals surface area contributed by atoms with Gasteiger partial charge in [0.2, 0.25) is 11.6 Å². The summed E-state index contributed by atoms with van der Waals surface area (Å²) < 4.78 is 0. The van der Waals surface area contributed by atoms with E-state index in [2.05, 4.69) is 0 Å². The number of amides is 2. The van der Waals surface area contributed by atoms with Gasteiger partial charge in [-0.05, 0) is 63.3 Å². The molecule has 0 unspecified atom stereocenters. The van der Waals surface area contributed by atoms with Crippen molar-refractivity contribution in [2.75, 3.05) is 28.2 Å². The first kappa shape index (κ1) is 53.7. The molecular weight excluding hydrogens is 927 g/mol. The Kier molecular flexibility index (Phi) is 14.4. The number of nitrogens with two attached hydrogens (primary N) is 2. The third-order valence-corrected chi connectivity index (χ3v) is 14.0. The highest BCUT2D eigenvalue weighted by atomic mass is 35.5. The molecule has 0 spiro atoms. The summed E-state index contributed by atoms with van der Waals surface area (Å²) in [7, 11) is 5.95. The fourth-order valence-corrected chi connectivity index (χ4v) is 11.2. The largest absolute Gasteiger partial charge is 0.510 e. The first-order valence-corrected chi connectivity index (χ1v) is 20.0. The number of benzene rings is 2. The van der Waals surface area contributed by atoms with Gasteiger partial charge in [0.15, 0.2) is 22.8 Å². The topological polar surface area (TPSA) is 395 Å². The van der Waals surface area contributed by atoms with Gasteiger partial charge in [-0.3, -0.25) is 38.6 Å². The molecule has 6 aliphatic rings. The van der Waals surface area contributed by atoms with Gasteiger partial charge in [-0.2, -0.15) is 0 Å². The van der Waals surface area contributed by atoms with Crippen LogP contribution in [-0.2, 0) is 19.2 Å². The normalized spacial score (nSPS) is 32.8. The zero-order valence-electron chi connectivity index (χ0n) is 36.5. The second-order valence-electron chi connectivity index (χ2n) is 17.6. The van der Waals surface area contributed by atoms with Gasteiger partial charge in [-0.15, -0.1) is 24.8 Å². The number of hydrogen-bond acceptors (Lipinski definition) is 18. The molecule has 23 heteroatoms. The van der Waals surface area contributed by atoms with Crippen molar-refractivity contribution >= 4 is 59.8 Å². The summed E-state index contributed by atoms with van der Waals surface area (Å²) in [4.78, 5) is 79.6. The minimum atomic E-state index is -2.89. The first-order valence-electron chi connectivity index (χ1n) is 20.0. The number of fused-ring (bicyclic) bond motifs is 6. The van der Waals surface area contributed by atoms with Crippen LogP contribution in [0, 0.1) is 23.7 Å². The molecule has 0 saturated carbocycles. The molecule has 67 heavy (non-hydrogen) atoms. The van der Waals surface area contributed by atoms with Gasteiger partial charge in [-0.1, -0.05) is 38.1 Å². The Balaban J connectivity index is 0.000000280. The van der Waals surface area contributed by atoms with Gasteiger partial charge < -0.3 is 68.0 Å². The fourth-order valence-electron chi connectivity index (χ4n) is 11.2. The molecule has 0 aromatic heterocycles. The standard InChI is InChI=1S/2C22H24N2O8.2ClH.H2O/c2*1-7-8-5-4-6-9(25)11(8)16(26)12-10(7)17(27)14-15(24(2)3)18(28)13(21(23)31)20(30)22(14,32)19(12)29;;;/h2*4-7,10,14-15,17,25,27-29,32H,1-3H3,(H2,23,31);2*1H;1H2/t2*7-,10+,14-,15-,17-,22-;;;/m00.../s1. The van der Waals surface area contributed by atoms with E-state index >= 15 is 0 Å². The van der Waals surface area contributed by atoms with Gasteiger partial charge in [0, 0.05) is 23.0 Å². The van der Waals surface area contributed by atoms with E-state index in [1.807, 2.05) is 0 Å². The number of nitrogens with zero attached hydrogens (tertiary/aromatic N) is 2. The van der Waals surface area contributed by atoms with Gasteiger partial charge in [0.05, 0.1) is 47.3 Å². The molecule has 0 saturated heterocycles. The number of phenols is 2. The predicted octanol–water partition coefficient (Wildman–Crippen LogP) is -0.676. The summed E-state index contributed by atoms with van der Waals surface area (Å²) in [6.45, 7) is 3.35. The quantitative estimate of drug-likeness (QED) is 0.169. The predicted molar refractivity (Wildman–Crippen MR) is 238 cm³/mol. The van der Waals surface area contributed by atoms with Crippen LogP contribution in [0.15, 0.2) is 81.7 Å². The number of primary amides is 2. The van der Waals surface area contributed by atoms with Gasteiger partial charge in [-0.25, -0.2) is 0 Å². The van der Waals surface area contributed by atoms with Crippen LogP contribution in [0.4, 0.5) is 0 Å². The Morgan fingerprint density at radius 3 is 1.15 bits per heavy atom. The average molecular weight is 980 g/mol.